The molecular weight excluding hydrogens is 93.1 g/mol. The lowest BCUT2D eigenvalue weighted by Gasteiger charge is -2.01. The highest BCUT2D eigenvalue weighted by Crippen LogP contribution is 2.05. The Bertz CT molecular complexity index is 88.1. The van der Waals surface area contributed by atoms with Gasteiger partial charge in [0.15, 0.2) is 5.97 Å². The van der Waals surface area contributed by atoms with Crippen LogP contribution < -0.4 is 0 Å². The van der Waals surface area contributed by atoms with Gasteiger partial charge in [0.05, 0.1) is 0 Å². The Morgan fingerprint density at radius 3 is 2.57 bits per heavy atom. The van der Waals surface area contributed by atoms with Crippen molar-refractivity contribution in [3.05, 3.63) is 0 Å². The Balaban J connectivity index is 2.40. The fourth-order valence-corrected chi connectivity index (χ4v) is 0.662. The van der Waals surface area contributed by atoms with Crippen molar-refractivity contribution in [3.8, 4) is 0 Å². The van der Waals surface area contributed by atoms with Crippen LogP contribution in [0.4, 0.5) is 4.39 Å². The van der Waals surface area contributed by atoms with Gasteiger partial charge in [-0.1, -0.05) is 0 Å². The number of aliphatic imine (C=N–C) groups is 1. The van der Waals surface area contributed by atoms with E-state index >= 15 is 0 Å². The molecular formula is C5H8FN. The molecule has 7 heavy (non-hydrogen) atoms. The molecule has 0 aromatic rings. The third-order valence-corrected chi connectivity index (χ3v) is 1.07. The van der Waals surface area contributed by atoms with E-state index in [1.165, 1.54) is 0 Å². The zero-order valence-corrected chi connectivity index (χ0v) is 4.15. The van der Waals surface area contributed by atoms with E-state index < -0.39 is 0 Å². The zero-order chi connectivity index (χ0) is 5.11. The van der Waals surface area contributed by atoms with Gasteiger partial charge in [-0.15, -0.1) is 0 Å². The van der Waals surface area contributed by atoms with Crippen LogP contribution in [0.5, 0.6) is 0 Å². The molecule has 0 bridgehead atoms. The maximum atomic E-state index is 11.9. The summed E-state index contributed by atoms with van der Waals surface area (Å²) in [7, 11) is 0. The van der Waals surface area contributed by atoms with Crippen LogP contribution in [0.25, 0.3) is 0 Å². The molecule has 0 radical (unpaired) electrons. The summed E-state index contributed by atoms with van der Waals surface area (Å²) in [6, 6.07) is 0. The molecule has 1 heterocycles. The van der Waals surface area contributed by atoms with E-state index in [1.807, 2.05) is 0 Å². The summed E-state index contributed by atoms with van der Waals surface area (Å²) in [5.41, 5.74) is 0. The van der Waals surface area contributed by atoms with E-state index in [9.17, 15) is 4.39 Å². The first-order valence-electron chi connectivity index (χ1n) is 2.58. The molecule has 0 spiro atoms. The van der Waals surface area contributed by atoms with Crippen LogP contribution in [-0.2, 0) is 0 Å². The van der Waals surface area contributed by atoms with Crippen molar-refractivity contribution in [2.45, 2.75) is 19.3 Å². The van der Waals surface area contributed by atoms with E-state index in [4.69, 9.17) is 0 Å². The van der Waals surface area contributed by atoms with Crippen LogP contribution in [-0.4, -0.2) is 12.5 Å². The molecule has 40 valence electrons. The van der Waals surface area contributed by atoms with E-state index in [2.05, 4.69) is 4.99 Å². The van der Waals surface area contributed by atoms with Gasteiger partial charge in [0.2, 0.25) is 0 Å². The number of hydrogen-bond donors (Lipinski definition) is 0. The molecule has 0 fully saturated rings. The first-order valence-corrected chi connectivity index (χ1v) is 2.58. The van der Waals surface area contributed by atoms with Crippen LogP contribution in [0, 0.1) is 0 Å². The van der Waals surface area contributed by atoms with Crippen LogP contribution in [0.1, 0.15) is 19.3 Å². The van der Waals surface area contributed by atoms with Gasteiger partial charge in [0.25, 0.3) is 0 Å². The van der Waals surface area contributed by atoms with Crippen LogP contribution in [0.3, 0.4) is 0 Å². The highest BCUT2D eigenvalue weighted by atomic mass is 19.1. The topological polar surface area (TPSA) is 12.4 Å². The summed E-state index contributed by atoms with van der Waals surface area (Å²) >= 11 is 0. The number of halogens is 1. The Morgan fingerprint density at radius 2 is 2.29 bits per heavy atom. The zero-order valence-electron chi connectivity index (χ0n) is 4.15. The first-order chi connectivity index (χ1) is 3.39. The molecule has 0 aromatic carbocycles. The summed E-state index contributed by atoms with van der Waals surface area (Å²) in [4.78, 5) is 3.58. The molecule has 0 amide bonds. The van der Waals surface area contributed by atoms with Crippen LogP contribution in [0.2, 0.25) is 0 Å². The molecule has 1 nitrogen and oxygen atoms in total. The second-order valence-electron chi connectivity index (χ2n) is 1.72. The molecule has 0 unspecified atom stereocenters. The lowest BCUT2D eigenvalue weighted by atomic mass is 10.2. The average Bonchev–Trinajstić information content (AvgIpc) is 1.69. The Hall–Kier alpha value is -0.400. The maximum absolute atomic E-state index is 11.9. The third-order valence-electron chi connectivity index (χ3n) is 1.07. The second kappa shape index (κ2) is 2.05. The molecule has 0 N–H and O–H groups in total. The minimum Gasteiger partial charge on any atom is -0.262 e. The SMILES string of the molecule is FC1=NCCCC1. The minimum atomic E-state index is -0.161. The van der Waals surface area contributed by atoms with Gasteiger partial charge in [-0.25, -0.2) is 0 Å². The van der Waals surface area contributed by atoms with Gasteiger partial charge in [0.1, 0.15) is 0 Å². The van der Waals surface area contributed by atoms with Gasteiger partial charge in [0, 0.05) is 13.0 Å². The number of nitrogens with zero attached hydrogens (tertiary/aromatic N) is 1. The Morgan fingerprint density at radius 1 is 1.43 bits per heavy atom. The van der Waals surface area contributed by atoms with Crippen molar-refractivity contribution in [1.82, 2.24) is 0 Å². The Kier molecular flexibility index (Phi) is 1.39. The fourth-order valence-electron chi connectivity index (χ4n) is 0.662. The summed E-state index contributed by atoms with van der Waals surface area (Å²) in [5, 5.41) is 0. The van der Waals surface area contributed by atoms with Gasteiger partial charge in [-0.05, 0) is 12.8 Å². The van der Waals surface area contributed by atoms with Crippen LogP contribution >= 0.6 is 0 Å². The molecule has 2 heteroatoms. The quantitative estimate of drug-likeness (QED) is 0.439. The van der Waals surface area contributed by atoms with Crippen molar-refractivity contribution in [2.75, 3.05) is 6.54 Å². The van der Waals surface area contributed by atoms with Gasteiger partial charge < -0.3 is 0 Å². The number of rotatable bonds is 0. The molecule has 1 aliphatic rings. The Labute approximate surface area is 42.3 Å². The molecule has 0 saturated carbocycles. The largest absolute Gasteiger partial charge is 0.262 e. The summed E-state index contributed by atoms with van der Waals surface area (Å²) < 4.78 is 11.9. The van der Waals surface area contributed by atoms with Crippen molar-refractivity contribution < 1.29 is 4.39 Å². The van der Waals surface area contributed by atoms with Crippen molar-refractivity contribution >= 4 is 5.97 Å². The van der Waals surface area contributed by atoms with Crippen molar-refractivity contribution in [1.29, 1.82) is 0 Å². The molecule has 0 aliphatic carbocycles. The normalized spacial score (nSPS) is 21.6. The summed E-state index contributed by atoms with van der Waals surface area (Å²) in [6.45, 7) is 0.700. The molecule has 0 saturated heterocycles. The van der Waals surface area contributed by atoms with Gasteiger partial charge in [-0.3, -0.25) is 4.99 Å². The minimum absolute atomic E-state index is 0.161. The van der Waals surface area contributed by atoms with Crippen LogP contribution in [0.15, 0.2) is 4.99 Å². The first kappa shape index (κ1) is 4.75. The van der Waals surface area contributed by atoms with E-state index in [0.717, 1.165) is 12.8 Å². The fraction of sp³-hybridized carbons (Fsp3) is 0.800. The highest BCUT2D eigenvalue weighted by molar-refractivity contribution is 5.75. The average molecular weight is 101 g/mol. The molecule has 0 aromatic heterocycles. The highest BCUT2D eigenvalue weighted by Gasteiger charge is 2.00. The smallest absolute Gasteiger partial charge is 0.184 e. The predicted molar refractivity (Wildman–Crippen MR) is 27.3 cm³/mol. The lowest BCUT2D eigenvalue weighted by Crippen LogP contribution is -1.98. The van der Waals surface area contributed by atoms with E-state index in [1.54, 1.807) is 0 Å². The maximum Gasteiger partial charge on any atom is 0.184 e. The number of hydrogen-bond acceptors (Lipinski definition) is 1. The molecule has 0 atom stereocenters. The van der Waals surface area contributed by atoms with E-state index in [-0.39, 0.29) is 5.97 Å². The predicted octanol–water partition coefficient (Wildman–Crippen LogP) is 1.54. The van der Waals surface area contributed by atoms with Gasteiger partial charge >= 0.3 is 0 Å². The third kappa shape index (κ3) is 1.26. The monoisotopic (exact) mass is 101 g/mol. The van der Waals surface area contributed by atoms with Crippen molar-refractivity contribution in [3.63, 3.8) is 0 Å². The van der Waals surface area contributed by atoms with Gasteiger partial charge in [-0.2, -0.15) is 4.39 Å². The molecule has 1 rings (SSSR count). The summed E-state index contributed by atoms with van der Waals surface area (Å²) in [5.74, 6) is -0.161. The second-order valence-corrected chi connectivity index (χ2v) is 1.72. The van der Waals surface area contributed by atoms with Crippen molar-refractivity contribution in [2.24, 2.45) is 4.99 Å². The van der Waals surface area contributed by atoms with E-state index in [0.29, 0.717) is 13.0 Å². The standard InChI is InChI=1S/C5H8FN/c6-5-3-1-2-4-7-5/h1-4H2. The summed E-state index contributed by atoms with van der Waals surface area (Å²) in [6.07, 6.45) is 2.61. The molecule has 1 aliphatic heterocycles. The lowest BCUT2D eigenvalue weighted by molar-refractivity contribution is 0.652.